The van der Waals surface area contributed by atoms with Crippen molar-refractivity contribution in [3.8, 4) is 11.1 Å². The van der Waals surface area contributed by atoms with Gasteiger partial charge in [-0.25, -0.2) is 4.79 Å². The summed E-state index contributed by atoms with van der Waals surface area (Å²) in [5.41, 5.74) is 4.28. The zero-order valence-corrected chi connectivity index (χ0v) is 12.6. The maximum absolute atomic E-state index is 12.0. The van der Waals surface area contributed by atoms with Crippen molar-refractivity contribution in [1.82, 2.24) is 0 Å². The zero-order valence-electron chi connectivity index (χ0n) is 12.6. The highest BCUT2D eigenvalue weighted by Crippen LogP contribution is 2.26. The second-order valence-corrected chi connectivity index (χ2v) is 5.30. The molecule has 0 saturated carbocycles. The van der Waals surface area contributed by atoms with E-state index in [9.17, 15) is 9.90 Å². The average Bonchev–Trinajstić information content (AvgIpc) is 2.46. The third-order valence-corrected chi connectivity index (χ3v) is 3.29. The number of ether oxygens (including phenoxy) is 1. The summed E-state index contributed by atoms with van der Waals surface area (Å²) in [6, 6.07) is 13.3. The molecule has 0 aliphatic carbocycles. The highest BCUT2D eigenvalue weighted by Gasteiger charge is 2.13. The van der Waals surface area contributed by atoms with Crippen LogP contribution in [0.1, 0.15) is 35.3 Å². The largest absolute Gasteiger partial charge is 0.459 e. The van der Waals surface area contributed by atoms with E-state index in [1.54, 1.807) is 6.07 Å². The molecule has 0 atom stereocenters. The molecule has 1 N–H and O–H groups in total. The maximum atomic E-state index is 12.0. The van der Waals surface area contributed by atoms with Crippen LogP contribution in [0.25, 0.3) is 11.1 Å². The molecule has 2 rings (SSSR count). The van der Waals surface area contributed by atoms with Crippen molar-refractivity contribution in [2.45, 2.75) is 33.5 Å². The van der Waals surface area contributed by atoms with Crippen LogP contribution < -0.4 is 0 Å². The van der Waals surface area contributed by atoms with Gasteiger partial charge in [0.15, 0.2) is 0 Å². The quantitative estimate of drug-likeness (QED) is 0.870. The summed E-state index contributed by atoms with van der Waals surface area (Å²) in [7, 11) is 0. The number of hydrogen-bond donors (Lipinski definition) is 1. The predicted molar refractivity (Wildman–Crippen MR) is 83.1 cm³/mol. The van der Waals surface area contributed by atoms with Crippen LogP contribution in [0.5, 0.6) is 0 Å². The molecule has 0 aliphatic heterocycles. The summed E-state index contributed by atoms with van der Waals surface area (Å²) >= 11 is 0. The molecule has 0 fully saturated rings. The second kappa shape index (κ2) is 6.55. The van der Waals surface area contributed by atoms with Crippen molar-refractivity contribution in [3.05, 3.63) is 59.2 Å². The monoisotopic (exact) mass is 284 g/mol. The molecule has 0 bridgehead atoms. The molecule has 3 nitrogen and oxygen atoms in total. The van der Waals surface area contributed by atoms with Crippen LogP contribution in [0.15, 0.2) is 42.5 Å². The van der Waals surface area contributed by atoms with Crippen LogP contribution in [-0.4, -0.2) is 17.2 Å². The third-order valence-electron chi connectivity index (χ3n) is 3.29. The van der Waals surface area contributed by atoms with E-state index in [1.807, 2.05) is 57.2 Å². The second-order valence-electron chi connectivity index (χ2n) is 5.30. The van der Waals surface area contributed by atoms with Crippen molar-refractivity contribution in [3.63, 3.8) is 0 Å². The Kier molecular flexibility index (Phi) is 4.76. The van der Waals surface area contributed by atoms with Gasteiger partial charge < -0.3 is 9.84 Å². The molecule has 0 radical (unpaired) electrons. The van der Waals surface area contributed by atoms with Gasteiger partial charge in [-0.15, -0.1) is 0 Å². The first-order chi connectivity index (χ1) is 10.0. The van der Waals surface area contributed by atoms with E-state index in [2.05, 4.69) is 0 Å². The fourth-order valence-electron chi connectivity index (χ4n) is 2.28. The Bertz CT molecular complexity index is 645. The first-order valence-corrected chi connectivity index (χ1v) is 7.03. The Morgan fingerprint density at radius 2 is 1.90 bits per heavy atom. The number of carbonyl (C=O) groups is 1. The first-order valence-electron chi connectivity index (χ1n) is 7.03. The Hall–Kier alpha value is -2.13. The topological polar surface area (TPSA) is 46.5 Å². The Labute approximate surface area is 125 Å². The highest BCUT2D eigenvalue weighted by atomic mass is 16.5. The number of rotatable bonds is 4. The lowest BCUT2D eigenvalue weighted by molar-refractivity contribution is 0.0377. The minimum absolute atomic E-state index is 0.00758. The van der Waals surface area contributed by atoms with Crippen molar-refractivity contribution in [2.24, 2.45) is 0 Å². The number of carbonyl (C=O) groups excluding carboxylic acids is 1. The lowest BCUT2D eigenvalue weighted by Gasteiger charge is -2.12. The molecule has 2 aromatic carbocycles. The molecular formula is C18H20O3. The Morgan fingerprint density at radius 3 is 2.52 bits per heavy atom. The van der Waals surface area contributed by atoms with Crippen LogP contribution in [0.3, 0.4) is 0 Å². The zero-order chi connectivity index (χ0) is 15.4. The Balaban J connectivity index is 2.37. The van der Waals surface area contributed by atoms with E-state index in [1.165, 1.54) is 0 Å². The molecule has 21 heavy (non-hydrogen) atoms. The van der Waals surface area contributed by atoms with Crippen LogP contribution in [0.2, 0.25) is 0 Å². The smallest absolute Gasteiger partial charge is 0.338 e. The molecular weight excluding hydrogens is 264 g/mol. The van der Waals surface area contributed by atoms with Gasteiger partial charge in [0.2, 0.25) is 0 Å². The van der Waals surface area contributed by atoms with E-state index in [0.29, 0.717) is 5.56 Å². The molecule has 0 amide bonds. The number of esters is 1. The molecule has 0 heterocycles. The maximum Gasteiger partial charge on any atom is 0.338 e. The van der Waals surface area contributed by atoms with E-state index in [0.717, 1.165) is 22.3 Å². The summed E-state index contributed by atoms with van der Waals surface area (Å²) in [6.07, 6.45) is -0.133. The van der Waals surface area contributed by atoms with Crippen molar-refractivity contribution < 1.29 is 14.6 Å². The lowest BCUT2D eigenvalue weighted by atomic mass is 9.96. The van der Waals surface area contributed by atoms with Crippen molar-refractivity contribution >= 4 is 5.97 Å². The molecule has 110 valence electrons. The van der Waals surface area contributed by atoms with Crippen molar-refractivity contribution in [1.29, 1.82) is 0 Å². The number of aryl methyl sites for hydroxylation is 1. The summed E-state index contributed by atoms with van der Waals surface area (Å²) < 4.78 is 5.23. The number of aliphatic hydroxyl groups is 1. The normalized spacial score (nSPS) is 10.7. The lowest BCUT2D eigenvalue weighted by Crippen LogP contribution is -2.12. The van der Waals surface area contributed by atoms with Gasteiger partial charge in [-0.3, -0.25) is 0 Å². The van der Waals surface area contributed by atoms with Crippen LogP contribution in [-0.2, 0) is 11.3 Å². The van der Waals surface area contributed by atoms with Crippen LogP contribution >= 0.6 is 0 Å². The summed E-state index contributed by atoms with van der Waals surface area (Å²) in [5.74, 6) is -0.301. The predicted octanol–water partition coefficient (Wildman–Crippen LogP) is 3.72. The van der Waals surface area contributed by atoms with Gasteiger partial charge in [-0.05, 0) is 49.1 Å². The van der Waals surface area contributed by atoms with Gasteiger partial charge >= 0.3 is 5.97 Å². The Morgan fingerprint density at radius 1 is 1.19 bits per heavy atom. The van der Waals surface area contributed by atoms with E-state index in [4.69, 9.17) is 4.74 Å². The third kappa shape index (κ3) is 3.50. The number of aliphatic hydroxyl groups excluding tert-OH is 1. The molecule has 0 spiro atoms. The van der Waals surface area contributed by atoms with Crippen molar-refractivity contribution in [2.75, 3.05) is 0 Å². The summed E-state index contributed by atoms with van der Waals surface area (Å²) in [4.78, 5) is 12.0. The minimum atomic E-state index is -0.301. The highest BCUT2D eigenvalue weighted by molar-refractivity contribution is 5.92. The summed E-state index contributed by atoms with van der Waals surface area (Å²) in [6.45, 7) is 5.55. The fraction of sp³-hybridized carbons (Fsp3) is 0.278. The van der Waals surface area contributed by atoms with Gasteiger partial charge in [0, 0.05) is 0 Å². The van der Waals surface area contributed by atoms with Gasteiger partial charge in [0.25, 0.3) is 0 Å². The van der Waals surface area contributed by atoms with Crippen LogP contribution in [0.4, 0.5) is 0 Å². The molecule has 0 unspecified atom stereocenters. The SMILES string of the molecule is Cc1cc(-c2ccccc2CO)ccc1C(=O)OC(C)C. The first kappa shape index (κ1) is 15.3. The van der Waals surface area contributed by atoms with Gasteiger partial charge in [0.1, 0.15) is 0 Å². The van der Waals surface area contributed by atoms with Gasteiger partial charge in [-0.1, -0.05) is 36.4 Å². The summed E-state index contributed by atoms with van der Waals surface area (Å²) in [5, 5.41) is 9.42. The van der Waals surface area contributed by atoms with E-state index >= 15 is 0 Å². The minimum Gasteiger partial charge on any atom is -0.459 e. The fourth-order valence-corrected chi connectivity index (χ4v) is 2.28. The molecule has 0 saturated heterocycles. The molecule has 2 aromatic rings. The molecule has 3 heteroatoms. The molecule has 0 aromatic heterocycles. The van der Waals surface area contributed by atoms with E-state index in [-0.39, 0.29) is 18.7 Å². The standard InChI is InChI=1S/C18H20O3/c1-12(2)21-18(20)16-9-8-14(10-13(16)3)17-7-5-4-6-15(17)11-19/h4-10,12,19H,11H2,1-3H3. The average molecular weight is 284 g/mol. The number of hydrogen-bond acceptors (Lipinski definition) is 3. The number of benzene rings is 2. The van der Waals surface area contributed by atoms with E-state index < -0.39 is 0 Å². The van der Waals surface area contributed by atoms with Crippen LogP contribution in [0, 0.1) is 6.92 Å². The molecule has 0 aliphatic rings. The van der Waals surface area contributed by atoms with Gasteiger partial charge in [-0.2, -0.15) is 0 Å². The van der Waals surface area contributed by atoms with Gasteiger partial charge in [0.05, 0.1) is 18.3 Å².